The lowest BCUT2D eigenvalue weighted by atomic mass is 9.66. The number of hydrogen-bond donors (Lipinski definition) is 0. The smallest absolute Gasteiger partial charge is 0.315 e. The van der Waals surface area contributed by atoms with E-state index in [-0.39, 0.29) is 11.2 Å². The van der Waals surface area contributed by atoms with Gasteiger partial charge in [-0.15, -0.1) is 0 Å². The Morgan fingerprint density at radius 1 is 1.06 bits per heavy atom. The third-order valence-electron chi connectivity index (χ3n) is 6.25. The first-order chi connectivity index (χ1) is 15.3. The number of ether oxygens (including phenoxy) is 2. The maximum Gasteiger partial charge on any atom is 0.315 e. The third-order valence-corrected chi connectivity index (χ3v) is 6.25. The Balaban J connectivity index is 1.80. The van der Waals surface area contributed by atoms with E-state index < -0.39 is 17.8 Å². The Morgan fingerprint density at radius 3 is 2.47 bits per heavy atom. The summed E-state index contributed by atoms with van der Waals surface area (Å²) in [5, 5.41) is 0. The van der Waals surface area contributed by atoms with Crippen molar-refractivity contribution >= 4 is 17.5 Å². The average molecular weight is 432 g/mol. The molecule has 32 heavy (non-hydrogen) atoms. The van der Waals surface area contributed by atoms with Crippen molar-refractivity contribution in [3.63, 3.8) is 0 Å². The monoisotopic (exact) mass is 431 g/mol. The molecule has 2 aromatic rings. The van der Waals surface area contributed by atoms with E-state index in [9.17, 15) is 9.59 Å². The lowest BCUT2D eigenvalue weighted by molar-refractivity contribution is -0.143. The number of rotatable bonds is 5. The number of nitrogens with zero attached hydrogens (tertiary/aromatic N) is 1. The van der Waals surface area contributed by atoms with Crippen LogP contribution in [0.2, 0.25) is 0 Å². The summed E-state index contributed by atoms with van der Waals surface area (Å²) in [5.74, 6) is -0.826. The molecule has 5 nitrogen and oxygen atoms in total. The molecule has 1 unspecified atom stereocenters. The standard InChI is InChI=1S/C27H29NO4/c1-17-23(26(30)31-4)24(25-20(28-17)14-27(2,3)15-21(25)29)19-12-8-9-13-22(19)32-16-18-10-6-5-7-11-18/h5-13,23-24H,14-16H2,1-4H3/t23?,24-/m1/s1. The van der Waals surface area contributed by atoms with Crippen LogP contribution in [0.25, 0.3) is 0 Å². The van der Waals surface area contributed by atoms with Gasteiger partial charge in [-0.25, -0.2) is 0 Å². The van der Waals surface area contributed by atoms with E-state index in [0.29, 0.717) is 36.5 Å². The molecule has 0 bridgehead atoms. The van der Waals surface area contributed by atoms with Crippen molar-refractivity contribution in [3.8, 4) is 5.75 Å². The number of hydrogen-bond acceptors (Lipinski definition) is 5. The molecule has 0 saturated heterocycles. The van der Waals surface area contributed by atoms with E-state index in [2.05, 4.69) is 13.8 Å². The highest BCUT2D eigenvalue weighted by atomic mass is 16.5. The van der Waals surface area contributed by atoms with Crippen molar-refractivity contribution < 1.29 is 19.1 Å². The normalized spacial score (nSPS) is 22.1. The second-order valence-corrected chi connectivity index (χ2v) is 9.35. The Morgan fingerprint density at radius 2 is 1.75 bits per heavy atom. The van der Waals surface area contributed by atoms with Gasteiger partial charge >= 0.3 is 5.97 Å². The minimum atomic E-state index is -0.662. The second kappa shape index (κ2) is 8.73. The molecule has 2 aliphatic rings. The summed E-state index contributed by atoms with van der Waals surface area (Å²) >= 11 is 0. The topological polar surface area (TPSA) is 65.0 Å². The molecule has 0 aromatic heterocycles. The highest BCUT2D eigenvalue weighted by molar-refractivity contribution is 6.09. The Kier molecular flexibility index (Phi) is 6.00. The van der Waals surface area contributed by atoms with Gasteiger partial charge in [-0.05, 0) is 30.4 Å². The Bertz CT molecular complexity index is 1100. The van der Waals surface area contributed by atoms with Crippen molar-refractivity contribution in [2.45, 2.75) is 46.1 Å². The van der Waals surface area contributed by atoms with Crippen LogP contribution in [-0.2, 0) is 20.9 Å². The Hall–Kier alpha value is -3.21. The van der Waals surface area contributed by atoms with E-state index in [0.717, 1.165) is 16.8 Å². The van der Waals surface area contributed by atoms with E-state index in [1.807, 2.05) is 61.5 Å². The Labute approximate surface area is 189 Å². The largest absolute Gasteiger partial charge is 0.489 e. The first-order valence-electron chi connectivity index (χ1n) is 11.0. The van der Waals surface area contributed by atoms with Crippen LogP contribution in [0.3, 0.4) is 0 Å². The minimum absolute atomic E-state index is 0.0456. The minimum Gasteiger partial charge on any atom is -0.489 e. The molecule has 2 aromatic carbocycles. The molecule has 4 rings (SSSR count). The molecule has 1 aliphatic carbocycles. The van der Waals surface area contributed by atoms with Crippen LogP contribution in [0, 0.1) is 11.3 Å². The fourth-order valence-electron chi connectivity index (χ4n) is 4.82. The molecular formula is C27H29NO4. The summed E-state index contributed by atoms with van der Waals surface area (Å²) in [6, 6.07) is 17.6. The number of Topliss-reactive ketones (excluding diaryl/α,β-unsaturated/α-hetero) is 1. The average Bonchev–Trinajstić information content (AvgIpc) is 2.76. The highest BCUT2D eigenvalue weighted by Gasteiger charge is 2.46. The van der Waals surface area contributed by atoms with Gasteiger partial charge in [0.2, 0.25) is 0 Å². The molecular weight excluding hydrogens is 402 g/mol. The van der Waals surface area contributed by atoms with Gasteiger partial charge in [0.1, 0.15) is 18.3 Å². The summed E-state index contributed by atoms with van der Waals surface area (Å²) < 4.78 is 11.3. The van der Waals surface area contributed by atoms with Crippen LogP contribution >= 0.6 is 0 Å². The summed E-state index contributed by atoms with van der Waals surface area (Å²) in [6.07, 6.45) is 1.13. The zero-order chi connectivity index (χ0) is 22.9. The summed E-state index contributed by atoms with van der Waals surface area (Å²) in [5.41, 5.74) is 3.78. The van der Waals surface area contributed by atoms with Crippen molar-refractivity contribution in [1.29, 1.82) is 0 Å². The predicted molar refractivity (Wildman–Crippen MR) is 124 cm³/mol. The number of carbonyl (C=O) groups excluding carboxylic acids is 2. The number of esters is 1. The van der Waals surface area contributed by atoms with Crippen LogP contribution < -0.4 is 4.74 Å². The number of ketones is 1. The lowest BCUT2D eigenvalue weighted by Gasteiger charge is -2.39. The van der Waals surface area contributed by atoms with E-state index in [1.54, 1.807) is 0 Å². The third kappa shape index (κ3) is 4.24. The second-order valence-electron chi connectivity index (χ2n) is 9.35. The van der Waals surface area contributed by atoms with E-state index >= 15 is 0 Å². The molecule has 2 atom stereocenters. The maximum absolute atomic E-state index is 13.4. The first kappa shape index (κ1) is 22.0. The summed E-state index contributed by atoms with van der Waals surface area (Å²) in [7, 11) is 1.38. The number of benzene rings is 2. The fourth-order valence-corrected chi connectivity index (χ4v) is 4.82. The van der Waals surface area contributed by atoms with Gasteiger partial charge in [0.05, 0.1) is 7.11 Å². The van der Waals surface area contributed by atoms with Gasteiger partial charge in [0, 0.05) is 34.9 Å². The van der Waals surface area contributed by atoms with Crippen LogP contribution in [0.1, 0.15) is 50.7 Å². The van der Waals surface area contributed by atoms with E-state index in [4.69, 9.17) is 14.5 Å². The van der Waals surface area contributed by atoms with Crippen LogP contribution in [0.5, 0.6) is 5.75 Å². The summed E-state index contributed by atoms with van der Waals surface area (Å²) in [6.45, 7) is 6.40. The number of allylic oxidation sites excluding steroid dienone is 2. The molecule has 5 heteroatoms. The maximum atomic E-state index is 13.4. The van der Waals surface area contributed by atoms with E-state index in [1.165, 1.54) is 7.11 Å². The van der Waals surface area contributed by atoms with Gasteiger partial charge in [-0.3, -0.25) is 14.6 Å². The molecule has 0 spiro atoms. The number of para-hydroxylation sites is 1. The molecule has 0 saturated carbocycles. The lowest BCUT2D eigenvalue weighted by Crippen LogP contribution is -2.39. The molecule has 0 radical (unpaired) electrons. The first-order valence-corrected chi connectivity index (χ1v) is 11.0. The predicted octanol–water partition coefficient (Wildman–Crippen LogP) is 5.26. The molecule has 1 aliphatic heterocycles. The van der Waals surface area contributed by atoms with Gasteiger partial charge < -0.3 is 9.47 Å². The number of carbonyl (C=O) groups is 2. The molecule has 166 valence electrons. The summed E-state index contributed by atoms with van der Waals surface area (Å²) in [4.78, 5) is 31.0. The van der Waals surface area contributed by atoms with Crippen molar-refractivity contribution in [2.24, 2.45) is 16.3 Å². The zero-order valence-electron chi connectivity index (χ0n) is 19.1. The number of methoxy groups -OCH3 is 1. The van der Waals surface area contributed by atoms with Crippen LogP contribution in [0.15, 0.2) is 70.9 Å². The molecule has 0 fully saturated rings. The van der Waals surface area contributed by atoms with Crippen molar-refractivity contribution in [2.75, 3.05) is 7.11 Å². The highest BCUT2D eigenvalue weighted by Crippen LogP contribution is 2.49. The van der Waals surface area contributed by atoms with Crippen LogP contribution in [0.4, 0.5) is 0 Å². The fraction of sp³-hybridized carbons (Fsp3) is 0.370. The van der Waals surface area contributed by atoms with Crippen LogP contribution in [-0.4, -0.2) is 24.6 Å². The van der Waals surface area contributed by atoms with Gasteiger partial charge in [0.15, 0.2) is 5.78 Å². The molecule has 0 amide bonds. The molecule has 1 heterocycles. The quantitative estimate of drug-likeness (QED) is 0.606. The van der Waals surface area contributed by atoms with Crippen molar-refractivity contribution in [3.05, 3.63) is 77.0 Å². The van der Waals surface area contributed by atoms with Crippen molar-refractivity contribution in [1.82, 2.24) is 0 Å². The number of aliphatic imine (C=N–C) groups is 1. The van der Waals surface area contributed by atoms with Gasteiger partial charge in [0.25, 0.3) is 0 Å². The SMILES string of the molecule is COC(=O)C1C(C)=NC2=C(C(=O)CC(C)(C)C2)[C@@H]1c1ccccc1OCc1ccccc1. The van der Waals surface area contributed by atoms with Gasteiger partial charge in [-0.2, -0.15) is 0 Å². The van der Waals surface area contributed by atoms with Gasteiger partial charge in [-0.1, -0.05) is 62.4 Å². The zero-order valence-corrected chi connectivity index (χ0v) is 19.1. The molecule has 0 N–H and O–H groups in total.